The van der Waals surface area contributed by atoms with Crippen molar-refractivity contribution < 1.29 is 13.2 Å². The predicted molar refractivity (Wildman–Crippen MR) is 38.6 cm³/mol. The van der Waals surface area contributed by atoms with E-state index in [1.165, 1.54) is 0 Å². The average Bonchev–Trinajstić information content (AvgIpc) is 1.96. The van der Waals surface area contributed by atoms with Crippen LogP contribution in [0.4, 0.5) is 18.9 Å². The number of nitrogens with two attached hydrogens (primary N) is 1. The van der Waals surface area contributed by atoms with Gasteiger partial charge in [-0.1, -0.05) is 11.6 Å². The Balaban J connectivity index is 3.28. The van der Waals surface area contributed by atoms with E-state index in [1.807, 2.05) is 0 Å². The summed E-state index contributed by atoms with van der Waals surface area (Å²) in [7, 11) is 0. The first-order valence-corrected chi connectivity index (χ1v) is 3.29. The van der Waals surface area contributed by atoms with Crippen molar-refractivity contribution in [1.82, 2.24) is 4.98 Å². The Morgan fingerprint density at radius 2 is 2.08 bits per heavy atom. The van der Waals surface area contributed by atoms with E-state index in [4.69, 9.17) is 17.3 Å². The van der Waals surface area contributed by atoms with E-state index in [-0.39, 0.29) is 10.7 Å². The van der Waals surface area contributed by atoms with Crippen LogP contribution in [0.15, 0.2) is 6.07 Å². The molecule has 0 aliphatic heterocycles. The molecule has 1 aromatic heterocycles. The lowest BCUT2D eigenvalue weighted by Gasteiger charge is -2.04. The third kappa shape index (κ3) is 1.61. The van der Waals surface area contributed by atoms with Crippen LogP contribution in [0, 0.1) is 5.95 Å². The van der Waals surface area contributed by atoms with Gasteiger partial charge in [-0.3, -0.25) is 0 Å². The zero-order valence-corrected chi connectivity index (χ0v) is 6.45. The molecule has 1 aromatic rings. The quantitative estimate of drug-likeness (QED) is 0.701. The van der Waals surface area contributed by atoms with Crippen LogP contribution in [0.5, 0.6) is 0 Å². The van der Waals surface area contributed by atoms with Gasteiger partial charge in [-0.15, -0.1) is 0 Å². The maximum absolute atomic E-state index is 12.4. The molecule has 0 radical (unpaired) electrons. The van der Waals surface area contributed by atoms with E-state index >= 15 is 0 Å². The molecule has 0 atom stereocenters. The molecular weight excluding hydrogens is 193 g/mol. The van der Waals surface area contributed by atoms with E-state index in [0.717, 1.165) is 6.07 Å². The van der Waals surface area contributed by atoms with Crippen LogP contribution in [0.1, 0.15) is 12.1 Å². The highest BCUT2D eigenvalue weighted by Gasteiger charge is 2.16. The molecular formula is C6H4ClF3N2. The molecule has 0 fully saturated rings. The Bertz CT molecular complexity index is 303. The summed E-state index contributed by atoms with van der Waals surface area (Å²) in [6, 6.07) is 0.781. The average molecular weight is 197 g/mol. The van der Waals surface area contributed by atoms with Gasteiger partial charge in [0.2, 0.25) is 5.95 Å². The van der Waals surface area contributed by atoms with Crippen LogP contribution in [0.25, 0.3) is 0 Å². The standard InChI is InChI=1S/C6H4ClF3N2/c7-2-1-3(8)12-5(4(2)11)6(9)10/h1,6H,11H2. The van der Waals surface area contributed by atoms with Gasteiger partial charge in [-0.05, 0) is 0 Å². The monoisotopic (exact) mass is 196 g/mol. The predicted octanol–water partition coefficient (Wildman–Crippen LogP) is 2.39. The molecule has 0 bridgehead atoms. The second-order valence-electron chi connectivity index (χ2n) is 2.03. The maximum atomic E-state index is 12.4. The number of nitrogen functional groups attached to an aromatic ring is 1. The molecule has 2 N–H and O–H groups in total. The summed E-state index contributed by atoms with van der Waals surface area (Å²) in [4.78, 5) is 2.91. The Kier molecular flexibility index (Phi) is 2.42. The normalized spacial score (nSPS) is 10.8. The van der Waals surface area contributed by atoms with Gasteiger partial charge >= 0.3 is 0 Å². The molecule has 0 aliphatic carbocycles. The number of rotatable bonds is 1. The largest absolute Gasteiger partial charge is 0.396 e. The first-order valence-electron chi connectivity index (χ1n) is 2.92. The van der Waals surface area contributed by atoms with Crippen LogP contribution in [-0.2, 0) is 0 Å². The van der Waals surface area contributed by atoms with Crippen molar-refractivity contribution in [1.29, 1.82) is 0 Å². The van der Waals surface area contributed by atoms with E-state index in [1.54, 1.807) is 0 Å². The Hall–Kier alpha value is -0.970. The van der Waals surface area contributed by atoms with Crippen molar-refractivity contribution in [2.75, 3.05) is 5.73 Å². The van der Waals surface area contributed by atoms with E-state index in [0.29, 0.717) is 0 Å². The van der Waals surface area contributed by atoms with Crippen LogP contribution in [-0.4, -0.2) is 4.98 Å². The molecule has 0 amide bonds. The van der Waals surface area contributed by atoms with E-state index < -0.39 is 18.1 Å². The van der Waals surface area contributed by atoms with Gasteiger partial charge in [0.15, 0.2) is 0 Å². The molecule has 0 saturated heterocycles. The van der Waals surface area contributed by atoms with Crippen LogP contribution < -0.4 is 5.73 Å². The molecule has 1 heterocycles. The highest BCUT2D eigenvalue weighted by atomic mass is 35.5. The van der Waals surface area contributed by atoms with Gasteiger partial charge < -0.3 is 5.73 Å². The van der Waals surface area contributed by atoms with Gasteiger partial charge in [-0.2, -0.15) is 4.39 Å². The van der Waals surface area contributed by atoms with Crippen molar-refractivity contribution in [3.63, 3.8) is 0 Å². The van der Waals surface area contributed by atoms with Crippen molar-refractivity contribution in [2.24, 2.45) is 0 Å². The second kappa shape index (κ2) is 3.18. The molecule has 1 rings (SSSR count). The summed E-state index contributed by atoms with van der Waals surface area (Å²) in [5.41, 5.74) is 3.91. The number of halogens is 4. The lowest BCUT2D eigenvalue weighted by molar-refractivity contribution is 0.146. The number of nitrogens with zero attached hydrogens (tertiary/aromatic N) is 1. The first kappa shape index (κ1) is 9.12. The van der Waals surface area contributed by atoms with Crippen molar-refractivity contribution in [3.05, 3.63) is 22.7 Å². The van der Waals surface area contributed by atoms with Gasteiger partial charge in [0.05, 0.1) is 10.7 Å². The third-order valence-corrected chi connectivity index (χ3v) is 1.53. The zero-order valence-electron chi connectivity index (χ0n) is 5.69. The van der Waals surface area contributed by atoms with E-state index in [9.17, 15) is 13.2 Å². The summed E-state index contributed by atoms with van der Waals surface area (Å²) >= 11 is 5.32. The molecule has 6 heteroatoms. The zero-order chi connectivity index (χ0) is 9.30. The summed E-state index contributed by atoms with van der Waals surface area (Å²) in [5, 5.41) is -0.252. The third-order valence-electron chi connectivity index (χ3n) is 1.21. The minimum Gasteiger partial charge on any atom is -0.396 e. The lowest BCUT2D eigenvalue weighted by Crippen LogP contribution is -2.01. The summed E-state index contributed by atoms with van der Waals surface area (Å²) in [5.74, 6) is -1.07. The molecule has 0 aromatic carbocycles. The number of anilines is 1. The van der Waals surface area contributed by atoms with Gasteiger partial charge in [0, 0.05) is 6.07 Å². The van der Waals surface area contributed by atoms with Gasteiger partial charge in [0.1, 0.15) is 5.69 Å². The van der Waals surface area contributed by atoms with E-state index in [2.05, 4.69) is 4.98 Å². The molecule has 0 unspecified atom stereocenters. The molecule has 0 spiro atoms. The number of hydrogen-bond donors (Lipinski definition) is 1. The van der Waals surface area contributed by atoms with Crippen molar-refractivity contribution >= 4 is 17.3 Å². The SMILES string of the molecule is Nc1c(Cl)cc(F)nc1C(F)F. The Morgan fingerprint density at radius 1 is 1.50 bits per heavy atom. The van der Waals surface area contributed by atoms with Crippen LogP contribution >= 0.6 is 11.6 Å². The maximum Gasteiger partial charge on any atom is 0.282 e. The molecule has 0 saturated carbocycles. The summed E-state index contributed by atoms with van der Waals surface area (Å²) < 4.78 is 36.4. The van der Waals surface area contributed by atoms with Gasteiger partial charge in [-0.25, -0.2) is 13.8 Å². The fraction of sp³-hybridized carbons (Fsp3) is 0.167. The smallest absolute Gasteiger partial charge is 0.282 e. The number of alkyl halides is 2. The number of hydrogen-bond acceptors (Lipinski definition) is 2. The highest BCUT2D eigenvalue weighted by Crippen LogP contribution is 2.28. The summed E-state index contributed by atoms with van der Waals surface area (Å²) in [6.07, 6.45) is -2.92. The minimum atomic E-state index is -2.92. The fourth-order valence-corrected chi connectivity index (χ4v) is 0.865. The Morgan fingerprint density at radius 3 is 2.58 bits per heavy atom. The number of pyridine rings is 1. The molecule has 2 nitrogen and oxygen atoms in total. The fourth-order valence-electron chi connectivity index (χ4n) is 0.679. The van der Waals surface area contributed by atoms with Gasteiger partial charge in [0.25, 0.3) is 6.43 Å². The minimum absolute atomic E-state index is 0.252. The van der Waals surface area contributed by atoms with Crippen molar-refractivity contribution in [2.45, 2.75) is 6.43 Å². The summed E-state index contributed by atoms with van der Waals surface area (Å²) in [6.45, 7) is 0. The van der Waals surface area contributed by atoms with Crippen LogP contribution in [0.3, 0.4) is 0 Å². The molecule has 12 heavy (non-hydrogen) atoms. The van der Waals surface area contributed by atoms with Crippen LogP contribution in [0.2, 0.25) is 5.02 Å². The van der Waals surface area contributed by atoms with Crippen molar-refractivity contribution in [3.8, 4) is 0 Å². The second-order valence-corrected chi connectivity index (χ2v) is 2.43. The highest BCUT2D eigenvalue weighted by molar-refractivity contribution is 6.33. The lowest BCUT2D eigenvalue weighted by atomic mass is 10.3. The Labute approximate surface area is 71.2 Å². The first-order chi connectivity index (χ1) is 5.52. The molecule has 0 aliphatic rings. The topological polar surface area (TPSA) is 38.9 Å². The number of aromatic nitrogens is 1. The molecule has 66 valence electrons.